The van der Waals surface area contributed by atoms with E-state index in [0.29, 0.717) is 12.2 Å². The van der Waals surface area contributed by atoms with Crippen LogP contribution >= 0.6 is 0 Å². The summed E-state index contributed by atoms with van der Waals surface area (Å²) in [6, 6.07) is 12.6. The maximum Gasteiger partial charge on any atom is 0.165 e. The quantitative estimate of drug-likeness (QED) is 0.885. The van der Waals surface area contributed by atoms with E-state index in [2.05, 4.69) is 0 Å². The van der Waals surface area contributed by atoms with Crippen molar-refractivity contribution in [2.75, 3.05) is 0 Å². The average Bonchev–Trinajstić information content (AvgIpc) is 2.42. The van der Waals surface area contributed by atoms with Crippen LogP contribution in [-0.4, -0.2) is 6.04 Å². The number of hydrogen-bond donors (Lipinski definition) is 1. The van der Waals surface area contributed by atoms with Gasteiger partial charge in [-0.05, 0) is 55.2 Å². The summed E-state index contributed by atoms with van der Waals surface area (Å²) in [5, 5.41) is 0. The van der Waals surface area contributed by atoms with Crippen molar-refractivity contribution >= 4 is 0 Å². The number of ether oxygens (including phenoxy) is 1. The Morgan fingerprint density at radius 2 is 2.00 bits per heavy atom. The van der Waals surface area contributed by atoms with E-state index < -0.39 is 0 Å². The number of hydrogen-bond acceptors (Lipinski definition) is 2. The van der Waals surface area contributed by atoms with Crippen LogP contribution in [0.1, 0.15) is 24.5 Å². The molecule has 0 spiro atoms. The van der Waals surface area contributed by atoms with Gasteiger partial charge in [0.1, 0.15) is 5.75 Å². The van der Waals surface area contributed by atoms with Gasteiger partial charge in [0.15, 0.2) is 11.6 Å². The van der Waals surface area contributed by atoms with E-state index in [1.54, 1.807) is 6.07 Å². The lowest BCUT2D eigenvalue weighted by Crippen LogP contribution is -2.21. The summed E-state index contributed by atoms with van der Waals surface area (Å²) in [5.74, 6) is 0.527. The van der Waals surface area contributed by atoms with Gasteiger partial charge < -0.3 is 10.5 Å². The van der Waals surface area contributed by atoms with Crippen molar-refractivity contribution in [1.29, 1.82) is 0 Å². The standard InChI is InChI=1S/C17H20FNO/c1-3-14(19)10-13-7-8-17(16(18)11-13)20-15-6-4-5-12(2)9-15/h4-9,11,14H,3,10,19H2,1-2H3. The molecule has 1 unspecified atom stereocenters. The Balaban J connectivity index is 2.13. The van der Waals surface area contributed by atoms with Crippen molar-refractivity contribution in [1.82, 2.24) is 0 Å². The van der Waals surface area contributed by atoms with Crippen LogP contribution in [0, 0.1) is 12.7 Å². The molecular weight excluding hydrogens is 253 g/mol. The highest BCUT2D eigenvalue weighted by molar-refractivity contribution is 5.36. The number of nitrogens with two attached hydrogens (primary N) is 1. The first kappa shape index (κ1) is 14.5. The van der Waals surface area contributed by atoms with Crippen LogP contribution < -0.4 is 10.5 Å². The molecule has 0 aliphatic carbocycles. The Hall–Kier alpha value is -1.87. The zero-order valence-corrected chi connectivity index (χ0v) is 11.9. The van der Waals surface area contributed by atoms with Crippen molar-refractivity contribution in [3.63, 3.8) is 0 Å². The van der Waals surface area contributed by atoms with Crippen molar-refractivity contribution in [2.45, 2.75) is 32.7 Å². The molecule has 0 aliphatic heterocycles. The Morgan fingerprint density at radius 3 is 2.65 bits per heavy atom. The predicted octanol–water partition coefficient (Wildman–Crippen LogP) is 4.21. The molecule has 106 valence electrons. The normalized spacial score (nSPS) is 12.2. The summed E-state index contributed by atoms with van der Waals surface area (Å²) in [7, 11) is 0. The van der Waals surface area contributed by atoms with Gasteiger partial charge in [-0.2, -0.15) is 0 Å². The molecule has 0 amide bonds. The Morgan fingerprint density at radius 1 is 1.20 bits per heavy atom. The van der Waals surface area contributed by atoms with Gasteiger partial charge in [-0.25, -0.2) is 4.39 Å². The van der Waals surface area contributed by atoms with Crippen LogP contribution in [0.25, 0.3) is 0 Å². The molecule has 0 saturated heterocycles. The van der Waals surface area contributed by atoms with Crippen molar-refractivity contribution in [2.24, 2.45) is 5.73 Å². The van der Waals surface area contributed by atoms with E-state index in [1.165, 1.54) is 6.07 Å². The van der Waals surface area contributed by atoms with Crippen molar-refractivity contribution < 1.29 is 9.13 Å². The first-order valence-corrected chi connectivity index (χ1v) is 6.87. The lowest BCUT2D eigenvalue weighted by Gasteiger charge is -2.11. The third-order valence-corrected chi connectivity index (χ3v) is 3.24. The van der Waals surface area contributed by atoms with Crippen molar-refractivity contribution in [3.05, 3.63) is 59.4 Å². The Kier molecular flexibility index (Phi) is 4.74. The van der Waals surface area contributed by atoms with Crippen LogP contribution in [0.4, 0.5) is 4.39 Å². The second-order valence-corrected chi connectivity index (χ2v) is 5.06. The van der Waals surface area contributed by atoms with Crippen LogP contribution in [0.15, 0.2) is 42.5 Å². The van der Waals surface area contributed by atoms with E-state index in [1.807, 2.05) is 44.2 Å². The smallest absolute Gasteiger partial charge is 0.165 e. The Labute approximate surface area is 119 Å². The minimum absolute atomic E-state index is 0.0675. The molecule has 0 radical (unpaired) electrons. The molecule has 20 heavy (non-hydrogen) atoms. The first-order valence-electron chi connectivity index (χ1n) is 6.87. The largest absolute Gasteiger partial charge is 0.454 e. The molecule has 0 heterocycles. The lowest BCUT2D eigenvalue weighted by atomic mass is 10.0. The summed E-state index contributed by atoms with van der Waals surface area (Å²) in [6.45, 7) is 3.99. The van der Waals surface area contributed by atoms with Crippen LogP contribution in [0.2, 0.25) is 0 Å². The van der Waals surface area contributed by atoms with Gasteiger partial charge in [0.2, 0.25) is 0 Å². The molecule has 0 bridgehead atoms. The molecule has 2 aromatic rings. The predicted molar refractivity (Wildman–Crippen MR) is 79.6 cm³/mol. The maximum atomic E-state index is 14.0. The summed E-state index contributed by atoms with van der Waals surface area (Å²) in [4.78, 5) is 0. The highest BCUT2D eigenvalue weighted by atomic mass is 19.1. The van der Waals surface area contributed by atoms with Crippen LogP contribution in [-0.2, 0) is 6.42 Å². The zero-order valence-electron chi connectivity index (χ0n) is 11.9. The zero-order chi connectivity index (χ0) is 14.5. The number of benzene rings is 2. The van der Waals surface area contributed by atoms with Gasteiger partial charge in [0, 0.05) is 6.04 Å². The molecule has 2 rings (SSSR count). The molecule has 2 aromatic carbocycles. The van der Waals surface area contributed by atoms with Crippen LogP contribution in [0.5, 0.6) is 11.5 Å². The third kappa shape index (κ3) is 3.81. The minimum Gasteiger partial charge on any atom is -0.454 e. The lowest BCUT2D eigenvalue weighted by molar-refractivity contribution is 0.441. The SMILES string of the molecule is CCC(N)Cc1ccc(Oc2cccc(C)c2)c(F)c1. The molecule has 0 aliphatic rings. The topological polar surface area (TPSA) is 35.2 Å². The van der Waals surface area contributed by atoms with Crippen LogP contribution in [0.3, 0.4) is 0 Å². The van der Waals surface area contributed by atoms with Gasteiger partial charge in [-0.3, -0.25) is 0 Å². The summed E-state index contributed by atoms with van der Waals surface area (Å²) < 4.78 is 19.6. The Bertz CT molecular complexity index is 583. The molecule has 0 fully saturated rings. The fourth-order valence-corrected chi connectivity index (χ4v) is 2.01. The average molecular weight is 273 g/mol. The molecule has 2 N–H and O–H groups in total. The van der Waals surface area contributed by atoms with E-state index in [4.69, 9.17) is 10.5 Å². The fraction of sp³-hybridized carbons (Fsp3) is 0.294. The summed E-state index contributed by atoms with van der Waals surface area (Å²) in [6.07, 6.45) is 1.56. The first-order chi connectivity index (χ1) is 9.58. The summed E-state index contributed by atoms with van der Waals surface area (Å²) >= 11 is 0. The van der Waals surface area contributed by atoms with Gasteiger partial charge in [0.05, 0.1) is 0 Å². The van der Waals surface area contributed by atoms with E-state index in [9.17, 15) is 4.39 Å². The van der Waals surface area contributed by atoms with Gasteiger partial charge in [-0.1, -0.05) is 25.1 Å². The molecule has 0 saturated carbocycles. The molecule has 0 aromatic heterocycles. The van der Waals surface area contributed by atoms with Crippen molar-refractivity contribution in [3.8, 4) is 11.5 Å². The molecule has 3 heteroatoms. The molecule has 1 atom stereocenters. The van der Waals surface area contributed by atoms with E-state index in [0.717, 1.165) is 17.5 Å². The highest BCUT2D eigenvalue weighted by Gasteiger charge is 2.08. The fourth-order valence-electron chi connectivity index (χ4n) is 2.01. The van der Waals surface area contributed by atoms with E-state index in [-0.39, 0.29) is 17.6 Å². The number of halogens is 1. The number of rotatable bonds is 5. The maximum absolute atomic E-state index is 14.0. The van der Waals surface area contributed by atoms with E-state index >= 15 is 0 Å². The second-order valence-electron chi connectivity index (χ2n) is 5.06. The summed E-state index contributed by atoms with van der Waals surface area (Å²) in [5.41, 5.74) is 7.85. The van der Waals surface area contributed by atoms with Gasteiger partial charge in [0.25, 0.3) is 0 Å². The second kappa shape index (κ2) is 6.53. The highest BCUT2D eigenvalue weighted by Crippen LogP contribution is 2.26. The third-order valence-electron chi connectivity index (χ3n) is 3.24. The molecule has 2 nitrogen and oxygen atoms in total. The minimum atomic E-state index is -0.354. The number of aryl methyl sites for hydroxylation is 1. The monoisotopic (exact) mass is 273 g/mol. The van der Waals surface area contributed by atoms with Gasteiger partial charge in [-0.15, -0.1) is 0 Å². The molecular formula is C17H20FNO. The van der Waals surface area contributed by atoms with Gasteiger partial charge >= 0.3 is 0 Å².